The Morgan fingerprint density at radius 2 is 1.83 bits per heavy atom. The summed E-state index contributed by atoms with van der Waals surface area (Å²) in [6.45, 7) is 0.453. The Morgan fingerprint density at radius 3 is 2.57 bits per heavy atom. The van der Waals surface area contributed by atoms with E-state index < -0.39 is 6.04 Å². The van der Waals surface area contributed by atoms with Gasteiger partial charge in [0.15, 0.2) is 11.5 Å². The molecule has 0 radical (unpaired) electrons. The van der Waals surface area contributed by atoms with Crippen molar-refractivity contribution in [2.24, 2.45) is 0 Å². The quantitative estimate of drug-likeness (QED) is 0.370. The predicted octanol–water partition coefficient (Wildman–Crippen LogP) is 5.24. The van der Waals surface area contributed by atoms with Gasteiger partial charge < -0.3 is 19.5 Å². The van der Waals surface area contributed by atoms with Gasteiger partial charge in [-0.2, -0.15) is 5.10 Å². The number of nitrogens with one attached hydrogen (secondary N) is 1. The van der Waals surface area contributed by atoms with E-state index in [0.717, 1.165) is 16.7 Å². The van der Waals surface area contributed by atoms with Crippen molar-refractivity contribution in [1.29, 1.82) is 0 Å². The van der Waals surface area contributed by atoms with E-state index in [1.807, 2.05) is 47.4 Å². The summed E-state index contributed by atoms with van der Waals surface area (Å²) in [7, 11) is 3.20. The fourth-order valence-corrected chi connectivity index (χ4v) is 4.81. The molecule has 0 fully saturated rings. The molecular formula is C27H24ClN3O4. The van der Waals surface area contributed by atoms with E-state index in [4.69, 9.17) is 21.1 Å². The monoisotopic (exact) mass is 489 g/mol. The van der Waals surface area contributed by atoms with Gasteiger partial charge in [-0.05, 0) is 53.9 Å². The first kappa shape index (κ1) is 22.8. The lowest BCUT2D eigenvalue weighted by atomic mass is 9.95. The van der Waals surface area contributed by atoms with Crippen molar-refractivity contribution in [2.45, 2.75) is 12.5 Å². The molecule has 2 N–H and O–H groups in total. The van der Waals surface area contributed by atoms with Crippen LogP contribution in [-0.2, 0) is 6.42 Å². The molecule has 1 aliphatic heterocycles. The summed E-state index contributed by atoms with van der Waals surface area (Å²) in [6.07, 6.45) is 0.604. The molecule has 178 valence electrons. The van der Waals surface area contributed by atoms with E-state index in [1.54, 1.807) is 38.5 Å². The van der Waals surface area contributed by atoms with Crippen molar-refractivity contribution >= 4 is 17.5 Å². The van der Waals surface area contributed by atoms with Gasteiger partial charge in [-0.25, -0.2) is 0 Å². The summed E-state index contributed by atoms with van der Waals surface area (Å²) >= 11 is 6.33. The second-order valence-corrected chi connectivity index (χ2v) is 8.71. The first-order chi connectivity index (χ1) is 17.0. The molecule has 0 spiro atoms. The van der Waals surface area contributed by atoms with E-state index >= 15 is 0 Å². The average Bonchev–Trinajstić information content (AvgIpc) is 3.41. The number of amides is 1. The highest BCUT2D eigenvalue weighted by Crippen LogP contribution is 2.44. The molecule has 0 saturated heterocycles. The summed E-state index contributed by atoms with van der Waals surface area (Å²) in [4.78, 5) is 15.4. The second kappa shape index (κ2) is 9.35. The highest BCUT2D eigenvalue weighted by molar-refractivity contribution is 6.30. The zero-order chi connectivity index (χ0) is 24.5. The van der Waals surface area contributed by atoms with Crippen LogP contribution in [0.4, 0.5) is 0 Å². The molecule has 3 aromatic carbocycles. The third-order valence-corrected chi connectivity index (χ3v) is 6.51. The van der Waals surface area contributed by atoms with Crippen molar-refractivity contribution < 1.29 is 19.4 Å². The van der Waals surface area contributed by atoms with Crippen LogP contribution < -0.4 is 9.47 Å². The van der Waals surface area contributed by atoms with Crippen LogP contribution >= 0.6 is 11.6 Å². The maximum atomic E-state index is 13.6. The zero-order valence-corrected chi connectivity index (χ0v) is 20.0. The minimum Gasteiger partial charge on any atom is -0.507 e. The Hall–Kier alpha value is -3.97. The number of H-pyrrole nitrogens is 1. The van der Waals surface area contributed by atoms with Gasteiger partial charge in [0.2, 0.25) is 0 Å². The van der Waals surface area contributed by atoms with Gasteiger partial charge in [0, 0.05) is 22.7 Å². The molecule has 0 aliphatic carbocycles. The number of nitrogens with zero attached hydrogens (tertiary/aromatic N) is 2. The van der Waals surface area contributed by atoms with E-state index in [0.29, 0.717) is 46.4 Å². The normalized spacial score (nSPS) is 14.8. The first-order valence-corrected chi connectivity index (χ1v) is 11.5. The number of hydrogen-bond donors (Lipinski definition) is 2. The van der Waals surface area contributed by atoms with Crippen LogP contribution in [-0.4, -0.2) is 46.9 Å². The van der Waals surface area contributed by atoms with Gasteiger partial charge in [-0.1, -0.05) is 41.9 Å². The highest BCUT2D eigenvalue weighted by atomic mass is 35.5. The number of phenolic OH excluding ortho intramolecular Hbond substituents is 1. The maximum Gasteiger partial charge on any atom is 0.273 e. The number of halogens is 1. The number of hydrogen-bond acceptors (Lipinski definition) is 5. The standard InChI is InChI=1S/C27H24ClN3O4/c1-34-21-11-10-16(14-22(21)35-2)12-13-31-26(17-6-5-7-18(28)15-17)23-24(29-30-25(23)27(31)33)19-8-3-4-9-20(19)32/h3-11,14-15,26,32H,12-13H2,1-2H3,(H,29,30). The molecule has 0 saturated carbocycles. The lowest BCUT2D eigenvalue weighted by molar-refractivity contribution is 0.0746. The Balaban J connectivity index is 1.55. The van der Waals surface area contributed by atoms with E-state index in [9.17, 15) is 9.90 Å². The van der Waals surface area contributed by atoms with Crippen molar-refractivity contribution in [2.75, 3.05) is 20.8 Å². The Bertz CT molecular complexity index is 1400. The number of ether oxygens (including phenoxy) is 2. The van der Waals surface area contributed by atoms with E-state index in [1.165, 1.54) is 0 Å². The zero-order valence-electron chi connectivity index (χ0n) is 19.3. The number of carbonyl (C=O) groups is 1. The van der Waals surface area contributed by atoms with Gasteiger partial charge in [-0.15, -0.1) is 0 Å². The summed E-state index contributed by atoms with van der Waals surface area (Å²) in [5, 5.41) is 18.4. The summed E-state index contributed by atoms with van der Waals surface area (Å²) < 4.78 is 10.8. The molecule has 1 unspecified atom stereocenters. The number of aromatic nitrogens is 2. The molecular weight excluding hydrogens is 466 g/mol. The summed E-state index contributed by atoms with van der Waals surface area (Å²) in [5.41, 5.74) is 4.13. The maximum absolute atomic E-state index is 13.6. The van der Waals surface area contributed by atoms with Crippen molar-refractivity contribution in [3.05, 3.63) is 94.1 Å². The number of rotatable bonds is 7. The molecule has 1 aliphatic rings. The topological polar surface area (TPSA) is 87.7 Å². The van der Waals surface area contributed by atoms with Crippen molar-refractivity contribution in [3.8, 4) is 28.5 Å². The fourth-order valence-electron chi connectivity index (χ4n) is 4.62. The first-order valence-electron chi connectivity index (χ1n) is 11.2. The number of aromatic amines is 1. The molecule has 0 bridgehead atoms. The largest absolute Gasteiger partial charge is 0.507 e. The average molecular weight is 490 g/mol. The van der Waals surface area contributed by atoms with Crippen LogP contribution in [0, 0.1) is 0 Å². The third-order valence-electron chi connectivity index (χ3n) is 6.28. The van der Waals surface area contributed by atoms with Crippen LogP contribution in [0.2, 0.25) is 5.02 Å². The second-order valence-electron chi connectivity index (χ2n) is 8.27. The minimum atomic E-state index is -0.412. The predicted molar refractivity (Wildman–Crippen MR) is 133 cm³/mol. The number of phenols is 1. The van der Waals surface area contributed by atoms with Crippen molar-refractivity contribution in [1.82, 2.24) is 15.1 Å². The molecule has 35 heavy (non-hydrogen) atoms. The van der Waals surface area contributed by atoms with Crippen LogP contribution in [0.3, 0.4) is 0 Å². The van der Waals surface area contributed by atoms with Gasteiger partial charge in [-0.3, -0.25) is 9.89 Å². The number of benzene rings is 3. The van der Waals surface area contributed by atoms with Crippen LogP contribution in [0.15, 0.2) is 66.7 Å². The SMILES string of the molecule is COc1ccc(CCN2C(=O)c3[nH]nc(-c4ccccc4O)c3C2c2cccc(Cl)c2)cc1OC. The molecule has 7 nitrogen and oxygen atoms in total. The van der Waals surface area contributed by atoms with E-state index in [-0.39, 0.29) is 11.7 Å². The number of fused-ring (bicyclic) bond motifs is 1. The van der Waals surface area contributed by atoms with Crippen LogP contribution in [0.25, 0.3) is 11.3 Å². The van der Waals surface area contributed by atoms with Gasteiger partial charge >= 0.3 is 0 Å². The lowest BCUT2D eigenvalue weighted by Gasteiger charge is -2.27. The minimum absolute atomic E-state index is 0.0999. The number of methoxy groups -OCH3 is 2. The Morgan fingerprint density at radius 1 is 1.03 bits per heavy atom. The van der Waals surface area contributed by atoms with Gasteiger partial charge in [0.05, 0.1) is 20.3 Å². The number of carbonyl (C=O) groups excluding carboxylic acids is 1. The number of para-hydroxylation sites is 1. The molecule has 1 atom stereocenters. The van der Waals surface area contributed by atoms with E-state index in [2.05, 4.69) is 10.2 Å². The molecule has 4 aromatic rings. The highest BCUT2D eigenvalue weighted by Gasteiger charge is 2.42. The smallest absolute Gasteiger partial charge is 0.273 e. The molecule has 2 heterocycles. The third kappa shape index (κ3) is 4.08. The molecule has 1 amide bonds. The molecule has 5 rings (SSSR count). The van der Waals surface area contributed by atoms with Gasteiger partial charge in [0.25, 0.3) is 5.91 Å². The molecule has 1 aromatic heterocycles. The van der Waals surface area contributed by atoms with Crippen molar-refractivity contribution in [3.63, 3.8) is 0 Å². The Kier molecular flexibility index (Phi) is 6.09. The number of aromatic hydroxyl groups is 1. The summed E-state index contributed by atoms with van der Waals surface area (Å²) in [6, 6.07) is 19.8. The fraction of sp³-hybridized carbons (Fsp3) is 0.185. The van der Waals surface area contributed by atoms with Gasteiger partial charge in [0.1, 0.15) is 17.1 Å². The lowest BCUT2D eigenvalue weighted by Crippen LogP contribution is -2.31. The Labute approximate surface area is 207 Å². The summed E-state index contributed by atoms with van der Waals surface area (Å²) in [5.74, 6) is 1.24. The molecule has 8 heteroatoms. The van der Waals surface area contributed by atoms with Crippen LogP contribution in [0.1, 0.15) is 33.2 Å². The van der Waals surface area contributed by atoms with Crippen LogP contribution in [0.5, 0.6) is 17.2 Å².